The van der Waals surface area contributed by atoms with Crippen molar-refractivity contribution >= 4 is 5.91 Å². The number of nitrogens with one attached hydrogen (secondary N) is 1. The van der Waals surface area contributed by atoms with Gasteiger partial charge in [0, 0.05) is 38.0 Å². The molecular weight excluding hydrogens is 314 g/mol. The van der Waals surface area contributed by atoms with Gasteiger partial charge in [0.15, 0.2) is 0 Å². The maximum absolute atomic E-state index is 13.0. The number of carbonyl (C=O) groups excluding carboxylic acids is 1. The summed E-state index contributed by atoms with van der Waals surface area (Å²) in [5, 5.41) is 12.2. The molecule has 1 amide bonds. The number of fused-ring (bicyclic) bond motifs is 6. The SMILES string of the molecule is O=C(C1C2C3CCC(C3)C12)N1CCC(c2nnc3n2CCNC3)CC1. The van der Waals surface area contributed by atoms with Crippen LogP contribution in [0.5, 0.6) is 0 Å². The van der Waals surface area contributed by atoms with Crippen LogP contribution in [0.25, 0.3) is 0 Å². The summed E-state index contributed by atoms with van der Waals surface area (Å²) < 4.78 is 2.31. The van der Waals surface area contributed by atoms with Crippen LogP contribution in [-0.2, 0) is 17.9 Å². The fourth-order valence-corrected chi connectivity index (χ4v) is 6.64. The largest absolute Gasteiger partial charge is 0.342 e. The fourth-order valence-electron chi connectivity index (χ4n) is 6.64. The molecule has 134 valence electrons. The van der Waals surface area contributed by atoms with E-state index in [4.69, 9.17) is 0 Å². The van der Waals surface area contributed by atoms with Crippen molar-refractivity contribution in [3.05, 3.63) is 11.6 Å². The Morgan fingerprint density at radius 2 is 1.76 bits per heavy atom. The van der Waals surface area contributed by atoms with Crippen molar-refractivity contribution in [3.63, 3.8) is 0 Å². The average Bonchev–Trinajstić information content (AvgIpc) is 3.00. The van der Waals surface area contributed by atoms with Crippen LogP contribution in [0.2, 0.25) is 0 Å². The number of rotatable bonds is 2. The zero-order valence-electron chi connectivity index (χ0n) is 14.7. The van der Waals surface area contributed by atoms with Crippen LogP contribution in [-0.4, -0.2) is 45.2 Å². The number of hydrogen-bond donors (Lipinski definition) is 1. The van der Waals surface area contributed by atoms with E-state index in [2.05, 4.69) is 25.0 Å². The Morgan fingerprint density at radius 1 is 1.00 bits per heavy atom. The molecule has 6 rings (SSSR count). The number of amides is 1. The van der Waals surface area contributed by atoms with Gasteiger partial charge in [0.05, 0.1) is 6.54 Å². The van der Waals surface area contributed by atoms with E-state index in [1.165, 1.54) is 19.3 Å². The van der Waals surface area contributed by atoms with Gasteiger partial charge in [0.2, 0.25) is 5.91 Å². The van der Waals surface area contributed by atoms with Crippen molar-refractivity contribution in [2.75, 3.05) is 19.6 Å². The molecule has 1 saturated heterocycles. The van der Waals surface area contributed by atoms with Gasteiger partial charge in [-0.05, 0) is 55.8 Å². The van der Waals surface area contributed by atoms with Crippen molar-refractivity contribution in [1.29, 1.82) is 0 Å². The molecule has 1 aromatic heterocycles. The van der Waals surface area contributed by atoms with Gasteiger partial charge in [0.25, 0.3) is 0 Å². The summed E-state index contributed by atoms with van der Waals surface area (Å²) in [5.74, 6) is 6.88. The standard InChI is InChI=1S/C19H27N5O/c25-19(17-15-12-1-2-13(9-12)16(15)17)23-6-3-11(4-7-23)18-22-21-14-10-20-5-8-24(14)18/h11-13,15-17,20H,1-10H2. The molecule has 4 atom stereocenters. The second-order valence-electron chi connectivity index (χ2n) is 8.92. The van der Waals surface area contributed by atoms with Crippen LogP contribution in [0.3, 0.4) is 0 Å². The highest BCUT2D eigenvalue weighted by Crippen LogP contribution is 2.69. The number of likely N-dealkylation sites (tertiary alicyclic amines) is 1. The number of aromatic nitrogens is 3. The molecule has 0 radical (unpaired) electrons. The maximum atomic E-state index is 13.0. The van der Waals surface area contributed by atoms with Crippen LogP contribution in [0.4, 0.5) is 0 Å². The smallest absolute Gasteiger partial charge is 0.226 e. The van der Waals surface area contributed by atoms with E-state index < -0.39 is 0 Å². The highest BCUT2D eigenvalue weighted by molar-refractivity contribution is 5.83. The minimum atomic E-state index is 0.398. The highest BCUT2D eigenvalue weighted by atomic mass is 16.2. The molecule has 1 aromatic rings. The lowest BCUT2D eigenvalue weighted by atomic mass is 9.94. The lowest BCUT2D eigenvalue weighted by Crippen LogP contribution is -2.40. The van der Waals surface area contributed by atoms with Crippen LogP contribution in [0.15, 0.2) is 0 Å². The zero-order valence-corrected chi connectivity index (χ0v) is 14.7. The van der Waals surface area contributed by atoms with E-state index >= 15 is 0 Å². The molecule has 2 aliphatic heterocycles. The molecule has 25 heavy (non-hydrogen) atoms. The third kappa shape index (κ3) is 2.09. The topological polar surface area (TPSA) is 63.1 Å². The molecule has 0 spiro atoms. The van der Waals surface area contributed by atoms with E-state index in [1.54, 1.807) is 0 Å². The summed E-state index contributed by atoms with van der Waals surface area (Å²) in [7, 11) is 0. The molecule has 3 saturated carbocycles. The number of hydrogen-bond acceptors (Lipinski definition) is 4. The van der Waals surface area contributed by atoms with Gasteiger partial charge in [-0.3, -0.25) is 4.79 Å². The Morgan fingerprint density at radius 3 is 2.52 bits per heavy atom. The lowest BCUT2D eigenvalue weighted by Gasteiger charge is -2.32. The van der Waals surface area contributed by atoms with Crippen molar-refractivity contribution in [3.8, 4) is 0 Å². The first-order chi connectivity index (χ1) is 12.3. The second kappa shape index (κ2) is 5.29. The molecule has 5 aliphatic rings. The van der Waals surface area contributed by atoms with E-state index in [1.807, 2.05) is 0 Å². The third-order valence-corrected chi connectivity index (χ3v) is 7.84. The first-order valence-electron chi connectivity index (χ1n) is 10.2. The van der Waals surface area contributed by atoms with Gasteiger partial charge in [-0.2, -0.15) is 0 Å². The Balaban J connectivity index is 1.11. The number of nitrogens with zero attached hydrogens (tertiary/aromatic N) is 4. The van der Waals surface area contributed by atoms with Gasteiger partial charge >= 0.3 is 0 Å². The average molecular weight is 341 g/mol. The third-order valence-electron chi connectivity index (χ3n) is 7.84. The summed E-state index contributed by atoms with van der Waals surface area (Å²) in [6.45, 7) is 4.63. The highest BCUT2D eigenvalue weighted by Gasteiger charge is 2.68. The molecule has 1 N–H and O–H groups in total. The minimum absolute atomic E-state index is 0.398. The lowest BCUT2D eigenvalue weighted by molar-refractivity contribution is -0.134. The Kier molecular flexibility index (Phi) is 3.11. The van der Waals surface area contributed by atoms with Crippen molar-refractivity contribution in [2.24, 2.45) is 29.6 Å². The quantitative estimate of drug-likeness (QED) is 0.883. The summed E-state index contributed by atoms with van der Waals surface area (Å²) >= 11 is 0. The van der Waals surface area contributed by atoms with Crippen LogP contribution in [0.1, 0.15) is 49.7 Å². The molecule has 3 heterocycles. The molecule has 6 heteroatoms. The van der Waals surface area contributed by atoms with Crippen LogP contribution < -0.4 is 5.32 Å². The molecule has 4 unspecified atom stereocenters. The molecule has 0 aromatic carbocycles. The predicted molar refractivity (Wildman–Crippen MR) is 91.6 cm³/mol. The first-order valence-corrected chi connectivity index (χ1v) is 10.2. The molecule has 6 nitrogen and oxygen atoms in total. The van der Waals surface area contributed by atoms with E-state index in [0.29, 0.717) is 17.7 Å². The monoisotopic (exact) mass is 341 g/mol. The van der Waals surface area contributed by atoms with Crippen molar-refractivity contribution in [1.82, 2.24) is 25.0 Å². The first kappa shape index (κ1) is 14.7. The molecular formula is C19H27N5O. The van der Waals surface area contributed by atoms with Gasteiger partial charge in [0.1, 0.15) is 11.6 Å². The zero-order chi connectivity index (χ0) is 16.5. The summed E-state index contributed by atoms with van der Waals surface area (Å²) in [4.78, 5) is 15.2. The summed E-state index contributed by atoms with van der Waals surface area (Å²) in [5.41, 5.74) is 0. The van der Waals surface area contributed by atoms with Crippen LogP contribution in [0, 0.1) is 29.6 Å². The molecule has 3 aliphatic carbocycles. The van der Waals surface area contributed by atoms with E-state index in [9.17, 15) is 4.79 Å². The Bertz CT molecular complexity index is 691. The summed E-state index contributed by atoms with van der Waals surface area (Å²) in [6, 6.07) is 0. The van der Waals surface area contributed by atoms with Gasteiger partial charge < -0.3 is 14.8 Å². The van der Waals surface area contributed by atoms with Crippen LogP contribution >= 0.6 is 0 Å². The van der Waals surface area contributed by atoms with Gasteiger partial charge in [-0.15, -0.1) is 10.2 Å². The fraction of sp³-hybridized carbons (Fsp3) is 0.842. The number of carbonyl (C=O) groups is 1. The minimum Gasteiger partial charge on any atom is -0.342 e. The normalized spacial score (nSPS) is 39.4. The summed E-state index contributed by atoms with van der Waals surface area (Å²) in [6.07, 6.45) is 6.31. The van der Waals surface area contributed by atoms with E-state index in [-0.39, 0.29) is 0 Å². The maximum Gasteiger partial charge on any atom is 0.226 e. The molecule has 2 bridgehead atoms. The van der Waals surface area contributed by atoms with Gasteiger partial charge in [-0.25, -0.2) is 0 Å². The van der Waals surface area contributed by atoms with Crippen molar-refractivity contribution in [2.45, 2.75) is 51.1 Å². The van der Waals surface area contributed by atoms with Gasteiger partial charge in [-0.1, -0.05) is 0 Å². The van der Waals surface area contributed by atoms with Crippen molar-refractivity contribution < 1.29 is 4.79 Å². The number of piperidine rings is 1. The Hall–Kier alpha value is -1.43. The van der Waals surface area contributed by atoms with E-state index in [0.717, 1.165) is 80.9 Å². The molecule has 4 fully saturated rings. The second-order valence-corrected chi connectivity index (χ2v) is 8.92. The predicted octanol–water partition coefficient (Wildman–Crippen LogP) is 1.38. The Labute approximate surface area is 148 Å².